The smallest absolute Gasteiger partial charge is 0.253 e. The van der Waals surface area contributed by atoms with E-state index in [1.807, 2.05) is 38.1 Å². The molecule has 2 rings (SSSR count). The minimum absolute atomic E-state index is 0.106. The maximum atomic E-state index is 9.23. The molecule has 0 unspecified atom stereocenters. The minimum Gasteiger partial charge on any atom is -0.471 e. The van der Waals surface area contributed by atoms with Crippen LogP contribution in [0.25, 0.3) is 0 Å². The number of nitrogens with two attached hydrogens (primary N) is 1. The Hall–Kier alpha value is -2.19. The summed E-state index contributed by atoms with van der Waals surface area (Å²) in [6.07, 6.45) is 0.862. The molecule has 0 spiro atoms. The van der Waals surface area contributed by atoms with Gasteiger partial charge in [0.05, 0.1) is 6.04 Å². The summed E-state index contributed by atoms with van der Waals surface area (Å²) < 4.78 is 7.26. The van der Waals surface area contributed by atoms with E-state index in [1.165, 1.54) is 0 Å². The summed E-state index contributed by atoms with van der Waals surface area (Å²) in [5.74, 6) is 0.580. The third-order valence-corrected chi connectivity index (χ3v) is 3.73. The van der Waals surface area contributed by atoms with Gasteiger partial charge in [0.1, 0.15) is 18.5 Å². The van der Waals surface area contributed by atoms with Gasteiger partial charge in [-0.15, -0.1) is 5.10 Å². The monoisotopic (exact) mass is 304 g/mol. The summed E-state index contributed by atoms with van der Waals surface area (Å²) in [6, 6.07) is 9.53. The molecule has 1 aromatic heterocycles. The van der Waals surface area contributed by atoms with Crippen molar-refractivity contribution in [3.63, 3.8) is 0 Å². The van der Waals surface area contributed by atoms with Gasteiger partial charge in [0, 0.05) is 10.6 Å². The summed E-state index contributed by atoms with van der Waals surface area (Å²) in [5.41, 5.74) is 7.06. The van der Waals surface area contributed by atoms with Gasteiger partial charge in [-0.1, -0.05) is 36.7 Å². The fourth-order valence-corrected chi connectivity index (χ4v) is 2.09. The van der Waals surface area contributed by atoms with E-state index in [9.17, 15) is 5.26 Å². The number of halogens is 1. The minimum atomic E-state index is 0.106. The first-order valence-electron chi connectivity index (χ1n) is 6.72. The molecule has 1 aromatic carbocycles. The molecule has 0 radical (unpaired) electrons. The van der Waals surface area contributed by atoms with Gasteiger partial charge in [0.15, 0.2) is 5.56 Å². The van der Waals surface area contributed by atoms with Crippen LogP contribution in [0.4, 0.5) is 5.82 Å². The number of hydrogen-bond acceptors (Lipinski definition) is 4. The third-order valence-electron chi connectivity index (χ3n) is 3.36. The number of nitrogens with zero attached hydrogens (tertiary/aromatic N) is 3. The van der Waals surface area contributed by atoms with Crippen LogP contribution in [0.2, 0.25) is 5.02 Å². The molecule has 6 heteroatoms. The van der Waals surface area contributed by atoms with Crippen LogP contribution in [-0.2, 0) is 6.61 Å². The molecule has 0 bridgehead atoms. The van der Waals surface area contributed by atoms with Gasteiger partial charge in [0.2, 0.25) is 0 Å². The van der Waals surface area contributed by atoms with Gasteiger partial charge in [-0.2, -0.15) is 5.26 Å². The van der Waals surface area contributed by atoms with E-state index < -0.39 is 0 Å². The van der Waals surface area contributed by atoms with E-state index in [1.54, 1.807) is 10.7 Å². The summed E-state index contributed by atoms with van der Waals surface area (Å²) in [6.45, 7) is 4.26. The lowest BCUT2D eigenvalue weighted by molar-refractivity contribution is 0.286. The Morgan fingerprint density at radius 3 is 2.81 bits per heavy atom. The van der Waals surface area contributed by atoms with Gasteiger partial charge in [-0.05, 0) is 19.4 Å². The van der Waals surface area contributed by atoms with Crippen LogP contribution < -0.4 is 10.5 Å². The summed E-state index contributed by atoms with van der Waals surface area (Å²) in [4.78, 5) is 0. The van der Waals surface area contributed by atoms with Crippen molar-refractivity contribution in [1.82, 2.24) is 9.78 Å². The fourth-order valence-electron chi connectivity index (χ4n) is 1.90. The molecule has 5 nitrogen and oxygen atoms in total. The topological polar surface area (TPSA) is 76.9 Å². The number of rotatable bonds is 5. The third kappa shape index (κ3) is 3.11. The molecule has 2 aromatic rings. The second kappa shape index (κ2) is 6.51. The Labute approximate surface area is 128 Å². The number of ether oxygens (including phenoxy) is 1. The molecule has 0 fully saturated rings. The highest BCUT2D eigenvalue weighted by molar-refractivity contribution is 6.31. The molecule has 21 heavy (non-hydrogen) atoms. The maximum absolute atomic E-state index is 9.23. The molecule has 110 valence electrons. The van der Waals surface area contributed by atoms with Crippen molar-refractivity contribution in [1.29, 1.82) is 5.26 Å². The molecule has 0 aliphatic rings. The fraction of sp³-hybridized carbons (Fsp3) is 0.333. The predicted octanol–water partition coefficient (Wildman–Crippen LogP) is 3.54. The Balaban J connectivity index is 2.25. The molecular weight excluding hydrogens is 288 g/mol. The van der Waals surface area contributed by atoms with Gasteiger partial charge in [0.25, 0.3) is 5.88 Å². The average molecular weight is 305 g/mol. The highest BCUT2D eigenvalue weighted by atomic mass is 35.5. The van der Waals surface area contributed by atoms with Crippen molar-refractivity contribution >= 4 is 17.4 Å². The lowest BCUT2D eigenvalue weighted by atomic mass is 10.2. The van der Waals surface area contributed by atoms with E-state index in [0.717, 1.165) is 12.0 Å². The van der Waals surface area contributed by atoms with Crippen LogP contribution in [0.1, 0.15) is 37.4 Å². The van der Waals surface area contributed by atoms with Gasteiger partial charge >= 0.3 is 0 Å². The number of nitriles is 1. The Bertz CT molecular complexity index is 675. The van der Waals surface area contributed by atoms with Gasteiger partial charge in [-0.3, -0.25) is 0 Å². The first-order chi connectivity index (χ1) is 10.1. The van der Waals surface area contributed by atoms with E-state index in [0.29, 0.717) is 10.8 Å². The number of benzene rings is 1. The first-order valence-corrected chi connectivity index (χ1v) is 7.10. The average Bonchev–Trinajstić information content (AvgIpc) is 2.81. The Morgan fingerprint density at radius 2 is 2.19 bits per heavy atom. The molecule has 0 saturated heterocycles. The van der Waals surface area contributed by atoms with Crippen molar-refractivity contribution in [2.45, 2.75) is 32.9 Å². The van der Waals surface area contributed by atoms with Gasteiger partial charge in [-0.25, -0.2) is 4.68 Å². The normalized spacial score (nSPS) is 11.9. The molecule has 0 amide bonds. The lowest BCUT2D eigenvalue weighted by Crippen LogP contribution is -2.09. The van der Waals surface area contributed by atoms with Crippen LogP contribution >= 0.6 is 11.6 Å². The van der Waals surface area contributed by atoms with Crippen molar-refractivity contribution in [3.8, 4) is 11.9 Å². The summed E-state index contributed by atoms with van der Waals surface area (Å²) in [7, 11) is 0. The van der Waals surface area contributed by atoms with Crippen molar-refractivity contribution in [2.24, 2.45) is 0 Å². The van der Waals surface area contributed by atoms with E-state index >= 15 is 0 Å². The molecule has 0 saturated carbocycles. The molecule has 1 heterocycles. The van der Waals surface area contributed by atoms with Crippen LogP contribution in [-0.4, -0.2) is 9.78 Å². The zero-order chi connectivity index (χ0) is 15.4. The highest BCUT2D eigenvalue weighted by Gasteiger charge is 2.19. The zero-order valence-corrected chi connectivity index (χ0v) is 12.8. The largest absolute Gasteiger partial charge is 0.471 e. The molecule has 0 aliphatic heterocycles. The van der Waals surface area contributed by atoms with Crippen molar-refractivity contribution in [2.75, 3.05) is 5.73 Å². The zero-order valence-electron chi connectivity index (χ0n) is 12.0. The molecule has 0 aliphatic carbocycles. The Kier molecular flexibility index (Phi) is 4.71. The van der Waals surface area contributed by atoms with E-state index in [-0.39, 0.29) is 24.1 Å². The van der Waals surface area contributed by atoms with Crippen molar-refractivity contribution in [3.05, 3.63) is 40.4 Å². The highest BCUT2D eigenvalue weighted by Crippen LogP contribution is 2.28. The molecule has 2 N–H and O–H groups in total. The SMILES string of the molecule is CC[C@H](C)n1nc(OCc2ccccc2Cl)c(C#N)c1N. The number of hydrogen-bond donors (Lipinski definition) is 1. The van der Waals surface area contributed by atoms with E-state index in [2.05, 4.69) is 5.10 Å². The van der Waals surface area contributed by atoms with Crippen molar-refractivity contribution < 1.29 is 4.74 Å². The second-order valence-corrected chi connectivity index (χ2v) is 5.17. The number of anilines is 1. The van der Waals surface area contributed by atoms with Crippen LogP contribution in [0.15, 0.2) is 24.3 Å². The quantitative estimate of drug-likeness (QED) is 0.916. The number of nitrogen functional groups attached to an aromatic ring is 1. The van der Waals surface area contributed by atoms with Crippen LogP contribution in [0.3, 0.4) is 0 Å². The number of aromatic nitrogens is 2. The Morgan fingerprint density at radius 1 is 1.48 bits per heavy atom. The maximum Gasteiger partial charge on any atom is 0.253 e. The second-order valence-electron chi connectivity index (χ2n) is 4.76. The first kappa shape index (κ1) is 15.2. The van der Waals surface area contributed by atoms with Gasteiger partial charge < -0.3 is 10.5 Å². The predicted molar refractivity (Wildman–Crippen MR) is 82.1 cm³/mol. The standard InChI is InChI=1S/C15H17ClN4O/c1-3-10(2)20-14(18)12(8-17)15(19-20)21-9-11-6-4-5-7-13(11)16/h4-7,10H,3,9,18H2,1-2H3/t10-/m0/s1. The van der Waals surface area contributed by atoms with Crippen LogP contribution in [0.5, 0.6) is 5.88 Å². The molecule has 1 atom stereocenters. The summed E-state index contributed by atoms with van der Waals surface area (Å²) in [5, 5.41) is 14.1. The van der Waals surface area contributed by atoms with E-state index in [4.69, 9.17) is 22.1 Å². The summed E-state index contributed by atoms with van der Waals surface area (Å²) >= 11 is 6.08. The molecular formula is C15H17ClN4O. The van der Waals surface area contributed by atoms with Crippen LogP contribution in [0, 0.1) is 11.3 Å². The lowest BCUT2D eigenvalue weighted by Gasteiger charge is -2.10.